The fraction of sp³-hybridized carbons (Fsp3) is 0.261. The Kier molecular flexibility index (Phi) is 6.71. The molecule has 0 spiro atoms. The molecule has 2 aromatic heterocycles. The number of nitrogens with one attached hydrogen (secondary N) is 1. The van der Waals surface area contributed by atoms with Gasteiger partial charge in [-0.3, -0.25) is 14.7 Å². The Morgan fingerprint density at radius 3 is 2.53 bits per heavy atom. The molecule has 0 radical (unpaired) electrons. The second kappa shape index (κ2) is 9.82. The minimum absolute atomic E-state index is 0.137. The maximum atomic E-state index is 12.9. The van der Waals surface area contributed by atoms with Crippen molar-refractivity contribution in [3.8, 4) is 11.6 Å². The molecule has 4 rings (SSSR count). The smallest absolute Gasteiger partial charge is 0.257 e. The van der Waals surface area contributed by atoms with Gasteiger partial charge in [0.2, 0.25) is 5.88 Å². The molecule has 1 amide bonds. The maximum absolute atomic E-state index is 12.9. The molecule has 154 valence electrons. The summed E-state index contributed by atoms with van der Waals surface area (Å²) in [4.78, 5) is 23.9. The number of amides is 1. The molecular formula is C23H23BrN4O2. The van der Waals surface area contributed by atoms with Crippen LogP contribution in [0.1, 0.15) is 28.9 Å². The Morgan fingerprint density at radius 2 is 1.80 bits per heavy atom. The van der Waals surface area contributed by atoms with Gasteiger partial charge in [-0.1, -0.05) is 22.0 Å². The van der Waals surface area contributed by atoms with E-state index in [1.165, 1.54) is 0 Å². The van der Waals surface area contributed by atoms with Gasteiger partial charge >= 0.3 is 0 Å². The summed E-state index contributed by atoms with van der Waals surface area (Å²) in [7, 11) is 0. The van der Waals surface area contributed by atoms with Crippen LogP contribution in [0, 0.1) is 0 Å². The summed E-state index contributed by atoms with van der Waals surface area (Å²) in [6.07, 6.45) is 5.26. The van der Waals surface area contributed by atoms with Crippen molar-refractivity contribution in [1.29, 1.82) is 0 Å². The van der Waals surface area contributed by atoms with Crippen LogP contribution in [0.5, 0.6) is 11.6 Å². The van der Waals surface area contributed by atoms with E-state index >= 15 is 0 Å². The second-order valence-electron chi connectivity index (χ2n) is 7.26. The molecule has 3 heterocycles. The summed E-state index contributed by atoms with van der Waals surface area (Å²) in [6, 6.07) is 17.0. The van der Waals surface area contributed by atoms with E-state index < -0.39 is 0 Å². The molecule has 1 aliphatic heterocycles. The Labute approximate surface area is 184 Å². The lowest BCUT2D eigenvalue weighted by Crippen LogP contribution is -2.44. The molecule has 1 saturated heterocycles. The quantitative estimate of drug-likeness (QED) is 0.581. The van der Waals surface area contributed by atoms with Gasteiger partial charge in [0.15, 0.2) is 0 Å². The van der Waals surface area contributed by atoms with Gasteiger partial charge in [-0.2, -0.15) is 0 Å². The molecule has 6 nitrogen and oxygen atoms in total. The lowest BCUT2D eigenvalue weighted by atomic mass is 10.0. The highest BCUT2D eigenvalue weighted by molar-refractivity contribution is 9.10. The fourth-order valence-electron chi connectivity index (χ4n) is 3.48. The molecule has 0 unspecified atom stereocenters. The van der Waals surface area contributed by atoms with Crippen molar-refractivity contribution in [3.63, 3.8) is 0 Å². The van der Waals surface area contributed by atoms with Gasteiger partial charge in [-0.05, 0) is 61.4 Å². The van der Waals surface area contributed by atoms with Crippen LogP contribution >= 0.6 is 15.9 Å². The molecule has 0 bridgehead atoms. The van der Waals surface area contributed by atoms with Gasteiger partial charge in [0.05, 0.1) is 5.69 Å². The summed E-state index contributed by atoms with van der Waals surface area (Å²) in [5.41, 5.74) is 1.52. The SMILES string of the molecule is O=C(NC1CCN(Cc2ccccn2)CC1)c1cccnc1Oc1ccc(Br)cc1. The van der Waals surface area contributed by atoms with Gasteiger partial charge in [0.25, 0.3) is 5.91 Å². The Bertz CT molecular complexity index is 974. The second-order valence-corrected chi connectivity index (χ2v) is 8.17. The third-order valence-corrected chi connectivity index (χ3v) is 5.61. The number of hydrogen-bond donors (Lipinski definition) is 1. The van der Waals surface area contributed by atoms with Crippen LogP contribution in [0.4, 0.5) is 0 Å². The van der Waals surface area contributed by atoms with Gasteiger partial charge in [-0.15, -0.1) is 0 Å². The van der Waals surface area contributed by atoms with Crippen molar-refractivity contribution in [2.45, 2.75) is 25.4 Å². The lowest BCUT2D eigenvalue weighted by molar-refractivity contribution is 0.0905. The van der Waals surface area contributed by atoms with E-state index in [1.54, 1.807) is 18.3 Å². The highest BCUT2D eigenvalue weighted by Crippen LogP contribution is 2.25. The lowest BCUT2D eigenvalue weighted by Gasteiger charge is -2.32. The number of likely N-dealkylation sites (tertiary alicyclic amines) is 1. The largest absolute Gasteiger partial charge is 0.438 e. The molecule has 1 N–H and O–H groups in total. The topological polar surface area (TPSA) is 67.4 Å². The zero-order chi connectivity index (χ0) is 20.8. The fourth-order valence-corrected chi connectivity index (χ4v) is 3.74. The third kappa shape index (κ3) is 5.43. The summed E-state index contributed by atoms with van der Waals surface area (Å²) in [5, 5.41) is 3.15. The summed E-state index contributed by atoms with van der Waals surface area (Å²) in [5.74, 6) is 0.789. The number of hydrogen-bond acceptors (Lipinski definition) is 5. The summed E-state index contributed by atoms with van der Waals surface area (Å²) >= 11 is 3.40. The van der Waals surface area contributed by atoms with Gasteiger partial charge < -0.3 is 10.1 Å². The average molecular weight is 467 g/mol. The van der Waals surface area contributed by atoms with Crippen LogP contribution in [0.25, 0.3) is 0 Å². The van der Waals surface area contributed by atoms with Gasteiger partial charge in [-0.25, -0.2) is 4.98 Å². The van der Waals surface area contributed by atoms with E-state index in [0.29, 0.717) is 17.2 Å². The predicted molar refractivity (Wildman–Crippen MR) is 118 cm³/mol. The van der Waals surface area contributed by atoms with Crippen molar-refractivity contribution in [2.24, 2.45) is 0 Å². The molecule has 7 heteroatoms. The summed E-state index contributed by atoms with van der Waals surface area (Å²) < 4.78 is 6.81. The normalized spacial score (nSPS) is 15.0. The van der Waals surface area contributed by atoms with Crippen LogP contribution in [-0.4, -0.2) is 39.9 Å². The number of carbonyl (C=O) groups is 1. The number of piperidine rings is 1. The monoisotopic (exact) mass is 466 g/mol. The van der Waals surface area contributed by atoms with E-state index in [0.717, 1.165) is 42.6 Å². The van der Waals surface area contributed by atoms with E-state index in [-0.39, 0.29) is 11.9 Å². The van der Waals surface area contributed by atoms with E-state index in [4.69, 9.17) is 4.74 Å². The zero-order valence-electron chi connectivity index (χ0n) is 16.5. The highest BCUT2D eigenvalue weighted by atomic mass is 79.9. The van der Waals surface area contributed by atoms with Crippen LogP contribution < -0.4 is 10.1 Å². The molecule has 0 aliphatic carbocycles. The molecule has 1 aromatic carbocycles. The first kappa shape index (κ1) is 20.5. The number of nitrogens with zero attached hydrogens (tertiary/aromatic N) is 3. The predicted octanol–water partition coefficient (Wildman–Crippen LogP) is 4.43. The average Bonchev–Trinajstić information content (AvgIpc) is 2.78. The first-order valence-electron chi connectivity index (χ1n) is 9.99. The number of halogens is 1. The number of ether oxygens (including phenoxy) is 1. The minimum Gasteiger partial charge on any atom is -0.438 e. The van der Waals surface area contributed by atoms with Crippen LogP contribution in [0.2, 0.25) is 0 Å². The number of benzene rings is 1. The Balaban J connectivity index is 1.34. The van der Waals surface area contributed by atoms with E-state index in [1.807, 2.05) is 48.7 Å². The maximum Gasteiger partial charge on any atom is 0.257 e. The van der Waals surface area contributed by atoms with E-state index in [2.05, 4.69) is 36.1 Å². The zero-order valence-corrected chi connectivity index (χ0v) is 18.1. The Hall–Kier alpha value is -2.77. The first-order valence-corrected chi connectivity index (χ1v) is 10.8. The van der Waals surface area contributed by atoms with Crippen molar-refractivity contribution in [3.05, 3.63) is 82.7 Å². The number of carbonyl (C=O) groups excluding carboxylic acids is 1. The first-order chi connectivity index (χ1) is 14.7. The van der Waals surface area contributed by atoms with Gasteiger partial charge in [0.1, 0.15) is 11.3 Å². The molecule has 3 aromatic rings. The van der Waals surface area contributed by atoms with Crippen LogP contribution in [0.3, 0.4) is 0 Å². The van der Waals surface area contributed by atoms with Crippen LogP contribution in [0.15, 0.2) is 71.5 Å². The molecule has 0 saturated carbocycles. The number of rotatable bonds is 6. The summed E-state index contributed by atoms with van der Waals surface area (Å²) in [6.45, 7) is 2.70. The minimum atomic E-state index is -0.154. The van der Waals surface area contributed by atoms with Crippen molar-refractivity contribution >= 4 is 21.8 Å². The standard InChI is InChI=1S/C23H23BrN4O2/c24-17-6-8-20(9-7-17)30-23-21(5-3-13-26-23)22(29)27-18-10-14-28(15-11-18)16-19-4-1-2-12-25-19/h1-9,12-13,18H,10-11,14-16H2,(H,27,29). The molecule has 30 heavy (non-hydrogen) atoms. The molecule has 1 fully saturated rings. The van der Waals surface area contributed by atoms with Crippen LogP contribution in [-0.2, 0) is 6.54 Å². The van der Waals surface area contributed by atoms with Crippen molar-refractivity contribution in [2.75, 3.05) is 13.1 Å². The Morgan fingerprint density at radius 1 is 1.03 bits per heavy atom. The number of pyridine rings is 2. The third-order valence-electron chi connectivity index (χ3n) is 5.08. The highest BCUT2D eigenvalue weighted by Gasteiger charge is 2.23. The van der Waals surface area contributed by atoms with Crippen molar-refractivity contribution in [1.82, 2.24) is 20.2 Å². The molecule has 0 atom stereocenters. The van der Waals surface area contributed by atoms with Gasteiger partial charge in [0, 0.05) is 42.5 Å². The van der Waals surface area contributed by atoms with E-state index in [9.17, 15) is 4.79 Å². The molecule has 1 aliphatic rings. The number of aromatic nitrogens is 2. The van der Waals surface area contributed by atoms with Crippen molar-refractivity contribution < 1.29 is 9.53 Å². The molecular weight excluding hydrogens is 444 g/mol.